The molecule has 116 valence electrons. The molecule has 0 radical (unpaired) electrons. The highest BCUT2D eigenvalue weighted by atomic mass is 79.9. The number of carbonyl (C=O) groups is 1. The summed E-state index contributed by atoms with van der Waals surface area (Å²) in [6.07, 6.45) is 3.86. The van der Waals surface area contributed by atoms with Crippen LogP contribution in [0.3, 0.4) is 0 Å². The zero-order valence-corrected chi connectivity index (χ0v) is 14.5. The standard InChI is InChI=1S/C17H25BrN2O/c1-3-15(13-6-8-14(18)9-7-13)20-16(21)17(4-2)10-5-11-19-12-17/h6-9,15,19H,3-5,10-12H2,1-2H3,(H,20,21). The Bertz CT molecular complexity index is 466. The molecule has 21 heavy (non-hydrogen) atoms. The van der Waals surface area contributed by atoms with Crippen molar-refractivity contribution in [3.8, 4) is 0 Å². The Morgan fingerprint density at radius 1 is 1.38 bits per heavy atom. The topological polar surface area (TPSA) is 41.1 Å². The van der Waals surface area contributed by atoms with E-state index in [2.05, 4.69) is 52.5 Å². The molecule has 2 rings (SSSR count). The Morgan fingerprint density at radius 3 is 2.62 bits per heavy atom. The van der Waals surface area contributed by atoms with Crippen LogP contribution in [0, 0.1) is 5.41 Å². The second kappa shape index (κ2) is 7.41. The van der Waals surface area contributed by atoms with E-state index in [1.807, 2.05) is 12.1 Å². The summed E-state index contributed by atoms with van der Waals surface area (Å²) in [4.78, 5) is 12.8. The lowest BCUT2D eigenvalue weighted by Crippen LogP contribution is -2.50. The van der Waals surface area contributed by atoms with Gasteiger partial charge in [0.25, 0.3) is 0 Å². The van der Waals surface area contributed by atoms with Gasteiger partial charge in [-0.15, -0.1) is 0 Å². The maximum atomic E-state index is 12.8. The van der Waals surface area contributed by atoms with Crippen LogP contribution in [-0.4, -0.2) is 19.0 Å². The van der Waals surface area contributed by atoms with E-state index >= 15 is 0 Å². The number of hydrogen-bond acceptors (Lipinski definition) is 2. The molecular formula is C17H25BrN2O. The van der Waals surface area contributed by atoms with Gasteiger partial charge in [0.1, 0.15) is 0 Å². The number of rotatable bonds is 5. The first-order chi connectivity index (χ1) is 10.1. The number of halogens is 1. The second-order valence-electron chi connectivity index (χ2n) is 5.90. The molecule has 2 N–H and O–H groups in total. The van der Waals surface area contributed by atoms with Crippen molar-refractivity contribution in [2.75, 3.05) is 13.1 Å². The molecule has 0 spiro atoms. The maximum Gasteiger partial charge on any atom is 0.227 e. The third-order valence-corrected chi connectivity index (χ3v) is 5.15. The molecule has 0 aliphatic carbocycles. The van der Waals surface area contributed by atoms with Gasteiger partial charge in [-0.1, -0.05) is 41.9 Å². The minimum atomic E-state index is -0.235. The molecule has 2 unspecified atom stereocenters. The van der Waals surface area contributed by atoms with Crippen LogP contribution >= 0.6 is 15.9 Å². The lowest BCUT2D eigenvalue weighted by molar-refractivity contribution is -0.133. The van der Waals surface area contributed by atoms with Crippen molar-refractivity contribution < 1.29 is 4.79 Å². The molecule has 1 aliphatic rings. The minimum absolute atomic E-state index is 0.0935. The SMILES string of the molecule is CCC(NC(=O)C1(CC)CCCNC1)c1ccc(Br)cc1. The number of amides is 1. The van der Waals surface area contributed by atoms with E-state index < -0.39 is 0 Å². The third-order valence-electron chi connectivity index (χ3n) is 4.62. The summed E-state index contributed by atoms with van der Waals surface area (Å²) < 4.78 is 1.06. The molecule has 1 aromatic rings. The number of hydrogen-bond donors (Lipinski definition) is 2. The van der Waals surface area contributed by atoms with Gasteiger partial charge in [-0.2, -0.15) is 0 Å². The van der Waals surface area contributed by atoms with E-state index in [-0.39, 0.29) is 17.4 Å². The fourth-order valence-electron chi connectivity index (χ4n) is 3.05. The molecule has 1 amide bonds. The van der Waals surface area contributed by atoms with Crippen molar-refractivity contribution in [2.24, 2.45) is 5.41 Å². The average molecular weight is 353 g/mol. The molecule has 4 heteroatoms. The van der Waals surface area contributed by atoms with Gasteiger partial charge < -0.3 is 10.6 Å². The van der Waals surface area contributed by atoms with E-state index in [0.717, 1.165) is 43.2 Å². The first-order valence-corrected chi connectivity index (χ1v) is 8.68. The quantitative estimate of drug-likeness (QED) is 0.846. The van der Waals surface area contributed by atoms with Gasteiger partial charge in [0.2, 0.25) is 5.91 Å². The third kappa shape index (κ3) is 3.86. The van der Waals surface area contributed by atoms with Crippen LogP contribution in [0.15, 0.2) is 28.7 Å². The van der Waals surface area contributed by atoms with E-state index in [1.165, 1.54) is 5.56 Å². The highest BCUT2D eigenvalue weighted by molar-refractivity contribution is 9.10. The molecular weight excluding hydrogens is 328 g/mol. The zero-order valence-electron chi connectivity index (χ0n) is 12.9. The van der Waals surface area contributed by atoms with Crippen molar-refractivity contribution >= 4 is 21.8 Å². The monoisotopic (exact) mass is 352 g/mol. The summed E-state index contributed by atoms with van der Waals surface area (Å²) in [6, 6.07) is 8.31. The van der Waals surface area contributed by atoms with Crippen LogP contribution in [0.25, 0.3) is 0 Å². The van der Waals surface area contributed by atoms with E-state index in [1.54, 1.807) is 0 Å². The molecule has 1 heterocycles. The first-order valence-electron chi connectivity index (χ1n) is 7.88. The van der Waals surface area contributed by atoms with Gasteiger partial charge in [0, 0.05) is 11.0 Å². The smallest absolute Gasteiger partial charge is 0.227 e. The van der Waals surface area contributed by atoms with E-state index in [9.17, 15) is 4.79 Å². The van der Waals surface area contributed by atoms with Crippen molar-refractivity contribution in [3.05, 3.63) is 34.3 Å². The zero-order chi connectivity index (χ0) is 15.3. The summed E-state index contributed by atoms with van der Waals surface area (Å²) in [7, 11) is 0. The molecule has 1 saturated heterocycles. The maximum absolute atomic E-state index is 12.8. The molecule has 0 saturated carbocycles. The van der Waals surface area contributed by atoms with Crippen LogP contribution in [0.5, 0.6) is 0 Å². The number of carbonyl (C=O) groups excluding carboxylic acids is 1. The highest BCUT2D eigenvalue weighted by Crippen LogP contribution is 2.31. The molecule has 0 bridgehead atoms. The lowest BCUT2D eigenvalue weighted by atomic mass is 9.77. The Morgan fingerprint density at radius 2 is 2.10 bits per heavy atom. The summed E-state index contributed by atoms with van der Waals surface area (Å²) >= 11 is 3.45. The number of nitrogens with one attached hydrogen (secondary N) is 2. The summed E-state index contributed by atoms with van der Waals surface area (Å²) in [5.74, 6) is 0.201. The Kier molecular flexibility index (Phi) is 5.82. The Labute approximate surface area is 136 Å². The van der Waals surface area contributed by atoms with E-state index in [4.69, 9.17) is 0 Å². The highest BCUT2D eigenvalue weighted by Gasteiger charge is 2.38. The number of piperidine rings is 1. The van der Waals surface area contributed by atoms with Gasteiger partial charge in [0.15, 0.2) is 0 Å². The average Bonchev–Trinajstić information content (AvgIpc) is 2.54. The fraction of sp³-hybridized carbons (Fsp3) is 0.588. The van der Waals surface area contributed by atoms with Crippen molar-refractivity contribution in [1.29, 1.82) is 0 Å². The van der Waals surface area contributed by atoms with Crippen LogP contribution in [0.4, 0.5) is 0 Å². The molecule has 1 fully saturated rings. The molecule has 1 aromatic carbocycles. The lowest BCUT2D eigenvalue weighted by Gasteiger charge is -2.36. The van der Waals surface area contributed by atoms with Crippen molar-refractivity contribution in [1.82, 2.24) is 10.6 Å². The second-order valence-corrected chi connectivity index (χ2v) is 6.82. The van der Waals surface area contributed by atoms with Crippen molar-refractivity contribution in [3.63, 3.8) is 0 Å². The van der Waals surface area contributed by atoms with Crippen LogP contribution in [0.2, 0.25) is 0 Å². The van der Waals surface area contributed by atoms with Gasteiger partial charge in [-0.05, 0) is 49.9 Å². The molecule has 3 nitrogen and oxygen atoms in total. The fourth-order valence-corrected chi connectivity index (χ4v) is 3.32. The summed E-state index contributed by atoms with van der Waals surface area (Å²) in [5.41, 5.74) is 0.935. The van der Waals surface area contributed by atoms with Crippen molar-refractivity contribution in [2.45, 2.75) is 45.6 Å². The Balaban J connectivity index is 2.10. The summed E-state index contributed by atoms with van der Waals surface area (Å²) in [5, 5.41) is 6.65. The first kappa shape index (κ1) is 16.5. The van der Waals surface area contributed by atoms with Crippen LogP contribution < -0.4 is 10.6 Å². The normalized spacial score (nSPS) is 23.6. The minimum Gasteiger partial charge on any atom is -0.349 e. The molecule has 0 aromatic heterocycles. The summed E-state index contributed by atoms with van der Waals surface area (Å²) in [6.45, 7) is 6.06. The molecule has 2 atom stereocenters. The predicted octanol–water partition coefficient (Wildman–Crippen LogP) is 3.80. The predicted molar refractivity (Wildman–Crippen MR) is 90.1 cm³/mol. The largest absolute Gasteiger partial charge is 0.349 e. The van der Waals surface area contributed by atoms with Crippen LogP contribution in [0.1, 0.15) is 51.1 Å². The van der Waals surface area contributed by atoms with Gasteiger partial charge in [-0.25, -0.2) is 0 Å². The number of benzene rings is 1. The Hall–Kier alpha value is -0.870. The van der Waals surface area contributed by atoms with Crippen LogP contribution in [-0.2, 0) is 4.79 Å². The molecule has 1 aliphatic heterocycles. The van der Waals surface area contributed by atoms with Gasteiger partial charge in [0.05, 0.1) is 11.5 Å². The van der Waals surface area contributed by atoms with E-state index in [0.29, 0.717) is 0 Å². The van der Waals surface area contributed by atoms with Gasteiger partial charge in [-0.3, -0.25) is 4.79 Å². The van der Waals surface area contributed by atoms with Gasteiger partial charge >= 0.3 is 0 Å².